The highest BCUT2D eigenvalue weighted by Crippen LogP contribution is 2.62. The van der Waals surface area contributed by atoms with E-state index < -0.39 is 0 Å². The molecule has 5 heteroatoms. The Morgan fingerprint density at radius 2 is 1.79 bits per heavy atom. The molecule has 0 aromatic rings. The Bertz CT molecular complexity index is 469. The van der Waals surface area contributed by atoms with E-state index in [9.17, 15) is 0 Å². The van der Waals surface area contributed by atoms with Gasteiger partial charge in [-0.05, 0) is 50.4 Å². The van der Waals surface area contributed by atoms with Crippen LogP contribution in [0.3, 0.4) is 0 Å². The van der Waals surface area contributed by atoms with Gasteiger partial charge in [0, 0.05) is 37.1 Å². The van der Waals surface area contributed by atoms with Crippen LogP contribution < -0.4 is 10.6 Å². The van der Waals surface area contributed by atoms with Gasteiger partial charge in [0.25, 0.3) is 0 Å². The summed E-state index contributed by atoms with van der Waals surface area (Å²) in [6.45, 7) is 5.73. The Morgan fingerprint density at radius 1 is 1.08 bits per heavy atom. The van der Waals surface area contributed by atoms with E-state index in [4.69, 9.17) is 4.74 Å². The molecule has 0 aromatic heterocycles. The number of hydrogen-bond donors (Lipinski definition) is 2. The molecule has 2 N–H and O–H groups in total. The lowest BCUT2D eigenvalue weighted by atomic mass is 9.46. The number of rotatable bonds is 2. The Kier molecular flexibility index (Phi) is 5.70. The Balaban J connectivity index is 0.00000169. The molecule has 24 heavy (non-hydrogen) atoms. The highest BCUT2D eigenvalue weighted by molar-refractivity contribution is 14.0. The zero-order valence-corrected chi connectivity index (χ0v) is 17.7. The summed E-state index contributed by atoms with van der Waals surface area (Å²) in [7, 11) is 1.92. The van der Waals surface area contributed by atoms with Gasteiger partial charge in [0.2, 0.25) is 0 Å². The molecule has 4 aliphatic rings. The maximum absolute atomic E-state index is 6.03. The summed E-state index contributed by atoms with van der Waals surface area (Å²) in [6, 6.07) is 1.15. The van der Waals surface area contributed by atoms with E-state index in [0.717, 1.165) is 24.4 Å². The number of hydrogen-bond acceptors (Lipinski definition) is 2. The van der Waals surface area contributed by atoms with Gasteiger partial charge in [0.15, 0.2) is 5.96 Å². The largest absolute Gasteiger partial charge is 0.377 e. The Hall–Kier alpha value is -0.0400. The smallest absolute Gasteiger partial charge is 0.191 e. The lowest BCUT2D eigenvalue weighted by Crippen LogP contribution is -2.72. The second-order valence-corrected chi connectivity index (χ2v) is 8.78. The molecule has 1 heterocycles. The molecule has 1 spiro atoms. The lowest BCUT2D eigenvalue weighted by molar-refractivity contribution is -0.171. The molecular formula is C19H34IN3O. The molecule has 0 bridgehead atoms. The van der Waals surface area contributed by atoms with E-state index in [1.807, 2.05) is 7.05 Å². The van der Waals surface area contributed by atoms with E-state index in [1.54, 1.807) is 0 Å². The first-order valence-corrected chi connectivity index (χ1v) is 9.74. The number of aliphatic imine (C=N–C) groups is 1. The minimum Gasteiger partial charge on any atom is -0.377 e. The van der Waals surface area contributed by atoms with Crippen molar-refractivity contribution in [2.75, 3.05) is 13.7 Å². The zero-order valence-electron chi connectivity index (χ0n) is 15.4. The second kappa shape index (κ2) is 7.29. The monoisotopic (exact) mass is 447 g/mol. The van der Waals surface area contributed by atoms with Crippen LogP contribution in [-0.2, 0) is 4.74 Å². The summed E-state index contributed by atoms with van der Waals surface area (Å²) >= 11 is 0. The predicted molar refractivity (Wildman–Crippen MR) is 109 cm³/mol. The van der Waals surface area contributed by atoms with Gasteiger partial charge in [0.05, 0.1) is 6.10 Å². The molecule has 138 valence electrons. The van der Waals surface area contributed by atoms with Crippen LogP contribution >= 0.6 is 24.0 Å². The second-order valence-electron chi connectivity index (χ2n) is 8.78. The molecule has 1 saturated heterocycles. The maximum atomic E-state index is 6.03. The fourth-order valence-electron chi connectivity index (χ4n) is 6.03. The van der Waals surface area contributed by atoms with Crippen molar-refractivity contribution < 1.29 is 4.74 Å². The predicted octanol–water partition coefficient (Wildman–Crippen LogP) is 3.55. The summed E-state index contributed by atoms with van der Waals surface area (Å²) < 4.78 is 6.03. The van der Waals surface area contributed by atoms with E-state index in [0.29, 0.717) is 29.5 Å². The molecule has 3 saturated carbocycles. The minimum atomic E-state index is 0. The molecule has 0 aromatic carbocycles. The molecule has 4 nitrogen and oxygen atoms in total. The summed E-state index contributed by atoms with van der Waals surface area (Å²) in [4.78, 5) is 4.55. The Morgan fingerprint density at radius 3 is 2.38 bits per heavy atom. The van der Waals surface area contributed by atoms with Crippen molar-refractivity contribution in [1.29, 1.82) is 0 Å². The zero-order chi connectivity index (χ0) is 16.0. The van der Waals surface area contributed by atoms with Gasteiger partial charge in [-0.3, -0.25) is 4.99 Å². The van der Waals surface area contributed by atoms with Crippen molar-refractivity contribution in [1.82, 2.24) is 10.6 Å². The summed E-state index contributed by atoms with van der Waals surface area (Å²) in [5.74, 6) is 3.38. The van der Waals surface area contributed by atoms with Gasteiger partial charge in [-0.25, -0.2) is 0 Å². The van der Waals surface area contributed by atoms with Crippen LogP contribution in [0.5, 0.6) is 0 Å². The maximum Gasteiger partial charge on any atom is 0.191 e. The molecule has 5 atom stereocenters. The van der Waals surface area contributed by atoms with Gasteiger partial charge in [-0.1, -0.05) is 20.3 Å². The Labute approximate surface area is 164 Å². The first-order valence-electron chi connectivity index (χ1n) is 9.74. The molecular weight excluding hydrogens is 413 g/mol. The average Bonchev–Trinajstić information content (AvgIpc) is 2.85. The lowest BCUT2D eigenvalue weighted by Gasteiger charge is -2.63. The van der Waals surface area contributed by atoms with E-state index in [1.165, 1.54) is 44.9 Å². The van der Waals surface area contributed by atoms with Gasteiger partial charge in [-0.2, -0.15) is 0 Å². The van der Waals surface area contributed by atoms with Crippen molar-refractivity contribution in [3.8, 4) is 0 Å². The van der Waals surface area contributed by atoms with Crippen LogP contribution in [0.25, 0.3) is 0 Å². The fourth-order valence-corrected chi connectivity index (χ4v) is 6.03. The van der Waals surface area contributed by atoms with Gasteiger partial charge in [0.1, 0.15) is 0 Å². The quantitative estimate of drug-likeness (QED) is 0.387. The van der Waals surface area contributed by atoms with Crippen LogP contribution in [0.2, 0.25) is 0 Å². The van der Waals surface area contributed by atoms with Crippen molar-refractivity contribution in [3.63, 3.8) is 0 Å². The molecule has 4 fully saturated rings. The van der Waals surface area contributed by atoms with E-state index in [-0.39, 0.29) is 24.0 Å². The van der Waals surface area contributed by atoms with Crippen molar-refractivity contribution >= 4 is 29.9 Å². The summed E-state index contributed by atoms with van der Waals surface area (Å²) in [5.41, 5.74) is 0.423. The van der Waals surface area contributed by atoms with Crippen LogP contribution in [0, 0.1) is 23.2 Å². The van der Waals surface area contributed by atoms with E-state index >= 15 is 0 Å². The van der Waals surface area contributed by atoms with Crippen LogP contribution in [0.1, 0.15) is 58.8 Å². The van der Waals surface area contributed by atoms with Crippen LogP contribution in [-0.4, -0.2) is 37.8 Å². The first kappa shape index (κ1) is 18.7. The van der Waals surface area contributed by atoms with Gasteiger partial charge < -0.3 is 15.4 Å². The molecule has 4 rings (SSSR count). The molecule has 0 amide bonds. The van der Waals surface area contributed by atoms with Crippen molar-refractivity contribution in [3.05, 3.63) is 0 Å². The van der Waals surface area contributed by atoms with Crippen molar-refractivity contribution in [2.45, 2.75) is 77.0 Å². The summed E-state index contributed by atoms with van der Waals surface area (Å²) in [5, 5.41) is 7.53. The van der Waals surface area contributed by atoms with Crippen LogP contribution in [0.15, 0.2) is 4.99 Å². The number of ether oxygens (including phenoxy) is 1. The molecule has 3 aliphatic carbocycles. The normalized spacial score (nSPS) is 43.2. The number of nitrogens with zero attached hydrogens (tertiary/aromatic N) is 1. The average molecular weight is 447 g/mol. The highest BCUT2D eigenvalue weighted by Gasteiger charge is 2.66. The molecule has 5 unspecified atom stereocenters. The van der Waals surface area contributed by atoms with Crippen LogP contribution in [0.4, 0.5) is 0 Å². The SMILES string of the molecule is CN=C(NC1CC(C)CC(C)C1)NC1C2CCOC2C12CCC2.I. The third-order valence-corrected chi connectivity index (χ3v) is 7.07. The van der Waals surface area contributed by atoms with Crippen molar-refractivity contribution in [2.24, 2.45) is 28.2 Å². The highest BCUT2D eigenvalue weighted by atomic mass is 127. The number of guanidine groups is 1. The van der Waals surface area contributed by atoms with Gasteiger partial charge in [-0.15, -0.1) is 24.0 Å². The fraction of sp³-hybridized carbons (Fsp3) is 0.947. The topological polar surface area (TPSA) is 45.7 Å². The standard InChI is InChI=1S/C19H33N3O.HI/c1-12-9-13(2)11-14(10-12)21-18(20-3)22-16-15-5-8-23-17(15)19(16)6-4-7-19;/h12-17H,4-11H2,1-3H3,(H2,20,21,22);1H. The van der Waals surface area contributed by atoms with E-state index in [2.05, 4.69) is 29.5 Å². The number of halogens is 1. The number of fused-ring (bicyclic) bond motifs is 2. The first-order chi connectivity index (χ1) is 11.1. The third kappa shape index (κ3) is 3.08. The number of nitrogens with one attached hydrogen (secondary N) is 2. The molecule has 1 aliphatic heterocycles. The minimum absolute atomic E-state index is 0. The molecule has 0 radical (unpaired) electrons. The summed E-state index contributed by atoms with van der Waals surface area (Å²) in [6.07, 6.45) is 9.71. The third-order valence-electron chi connectivity index (χ3n) is 7.07. The van der Waals surface area contributed by atoms with Gasteiger partial charge >= 0.3 is 0 Å².